The minimum absolute atomic E-state index is 0.0758. The van der Waals surface area contributed by atoms with E-state index in [1.807, 2.05) is 10.7 Å². The molecule has 1 fully saturated rings. The van der Waals surface area contributed by atoms with Gasteiger partial charge in [0.05, 0.1) is 24.0 Å². The van der Waals surface area contributed by atoms with Crippen LogP contribution in [0, 0.1) is 5.92 Å². The number of nitrogens with one attached hydrogen (secondary N) is 1. The molecule has 0 bridgehead atoms. The van der Waals surface area contributed by atoms with Gasteiger partial charge in [0.15, 0.2) is 0 Å². The summed E-state index contributed by atoms with van der Waals surface area (Å²) >= 11 is 0. The van der Waals surface area contributed by atoms with Gasteiger partial charge in [0.2, 0.25) is 0 Å². The molecule has 2 rings (SSSR count). The van der Waals surface area contributed by atoms with Crippen molar-refractivity contribution < 1.29 is 5.11 Å². The first kappa shape index (κ1) is 12.6. The Labute approximate surface area is 103 Å². The predicted molar refractivity (Wildman–Crippen MR) is 67.6 cm³/mol. The third-order valence-corrected chi connectivity index (χ3v) is 3.25. The van der Waals surface area contributed by atoms with Gasteiger partial charge >= 0.3 is 0 Å². The average Bonchev–Trinajstić information content (AvgIpc) is 2.72. The Morgan fingerprint density at radius 3 is 2.94 bits per heavy atom. The van der Waals surface area contributed by atoms with Gasteiger partial charge < -0.3 is 10.4 Å². The predicted octanol–water partition coefficient (Wildman–Crippen LogP) is 1.85. The first-order valence-corrected chi connectivity index (χ1v) is 6.61. The van der Waals surface area contributed by atoms with Gasteiger partial charge in [-0.2, -0.15) is 5.10 Å². The summed E-state index contributed by atoms with van der Waals surface area (Å²) in [5, 5.41) is 17.5. The fourth-order valence-corrected chi connectivity index (χ4v) is 2.38. The molecule has 96 valence electrons. The third-order valence-electron chi connectivity index (χ3n) is 3.25. The van der Waals surface area contributed by atoms with Crippen molar-refractivity contribution in [1.82, 2.24) is 15.1 Å². The van der Waals surface area contributed by atoms with Crippen LogP contribution in [0.15, 0.2) is 6.07 Å². The van der Waals surface area contributed by atoms with E-state index >= 15 is 0 Å². The molecule has 1 aromatic rings. The normalized spacial score (nSPS) is 21.1. The smallest absolute Gasteiger partial charge is 0.0849 e. The topological polar surface area (TPSA) is 50.1 Å². The van der Waals surface area contributed by atoms with E-state index in [1.54, 1.807) is 0 Å². The van der Waals surface area contributed by atoms with Crippen molar-refractivity contribution in [3.05, 3.63) is 17.5 Å². The maximum atomic E-state index is 9.36. The Morgan fingerprint density at radius 2 is 2.35 bits per heavy atom. The first-order chi connectivity index (χ1) is 8.20. The molecule has 4 heteroatoms. The van der Waals surface area contributed by atoms with Crippen molar-refractivity contribution in [1.29, 1.82) is 0 Å². The van der Waals surface area contributed by atoms with Crippen molar-refractivity contribution in [3.63, 3.8) is 0 Å². The Morgan fingerprint density at radius 1 is 1.53 bits per heavy atom. The van der Waals surface area contributed by atoms with E-state index in [4.69, 9.17) is 0 Å². The van der Waals surface area contributed by atoms with E-state index in [-0.39, 0.29) is 6.61 Å². The van der Waals surface area contributed by atoms with Crippen LogP contribution in [0.2, 0.25) is 0 Å². The molecule has 1 aliphatic rings. The second-order valence-electron chi connectivity index (χ2n) is 5.30. The minimum atomic E-state index is 0.0758. The largest absolute Gasteiger partial charge is 0.390 e. The minimum Gasteiger partial charge on any atom is -0.390 e. The van der Waals surface area contributed by atoms with Crippen LogP contribution in [0.3, 0.4) is 0 Å². The van der Waals surface area contributed by atoms with Gasteiger partial charge in [0.1, 0.15) is 0 Å². The summed E-state index contributed by atoms with van der Waals surface area (Å²) in [7, 11) is 0. The highest BCUT2D eigenvalue weighted by atomic mass is 16.3. The molecule has 17 heavy (non-hydrogen) atoms. The van der Waals surface area contributed by atoms with Gasteiger partial charge in [-0.1, -0.05) is 20.3 Å². The SMILES string of the molecule is CC(C)Cn1nc([C@@H]2CCCCN2)cc1CO. The highest BCUT2D eigenvalue weighted by Crippen LogP contribution is 2.23. The summed E-state index contributed by atoms with van der Waals surface area (Å²) in [4.78, 5) is 0. The molecule has 0 radical (unpaired) electrons. The Bertz CT molecular complexity index is 354. The molecule has 1 saturated heterocycles. The molecular formula is C13H23N3O. The van der Waals surface area contributed by atoms with Gasteiger partial charge in [0, 0.05) is 6.54 Å². The molecule has 0 amide bonds. The van der Waals surface area contributed by atoms with Crippen LogP contribution in [0.5, 0.6) is 0 Å². The van der Waals surface area contributed by atoms with Crippen LogP contribution in [-0.2, 0) is 13.2 Å². The zero-order valence-corrected chi connectivity index (χ0v) is 10.8. The number of nitrogens with zero attached hydrogens (tertiary/aromatic N) is 2. The van der Waals surface area contributed by atoms with E-state index in [9.17, 15) is 5.11 Å². The fraction of sp³-hybridized carbons (Fsp3) is 0.769. The Kier molecular flexibility index (Phi) is 4.18. The lowest BCUT2D eigenvalue weighted by atomic mass is 10.0. The van der Waals surface area contributed by atoms with Crippen molar-refractivity contribution >= 4 is 0 Å². The summed E-state index contributed by atoms with van der Waals surface area (Å²) in [6, 6.07) is 2.42. The van der Waals surface area contributed by atoms with Gasteiger partial charge in [-0.25, -0.2) is 0 Å². The molecule has 0 spiro atoms. The second kappa shape index (κ2) is 5.65. The molecule has 0 saturated carbocycles. The van der Waals surface area contributed by atoms with Gasteiger partial charge in [-0.3, -0.25) is 4.68 Å². The molecule has 1 aliphatic heterocycles. The number of aliphatic hydroxyl groups is 1. The molecule has 1 aromatic heterocycles. The van der Waals surface area contributed by atoms with Gasteiger partial charge in [-0.15, -0.1) is 0 Å². The fourth-order valence-electron chi connectivity index (χ4n) is 2.38. The average molecular weight is 237 g/mol. The second-order valence-corrected chi connectivity index (χ2v) is 5.30. The van der Waals surface area contributed by atoms with Crippen LogP contribution in [0.25, 0.3) is 0 Å². The number of piperidine rings is 1. The van der Waals surface area contributed by atoms with Crippen LogP contribution in [0.4, 0.5) is 0 Å². The molecular weight excluding hydrogens is 214 g/mol. The van der Waals surface area contributed by atoms with Crippen LogP contribution in [-0.4, -0.2) is 21.4 Å². The quantitative estimate of drug-likeness (QED) is 0.840. The lowest BCUT2D eigenvalue weighted by molar-refractivity contribution is 0.264. The van der Waals surface area contributed by atoms with Crippen LogP contribution >= 0.6 is 0 Å². The summed E-state index contributed by atoms with van der Waals surface area (Å²) in [6.07, 6.45) is 3.68. The number of aromatic nitrogens is 2. The van der Waals surface area contributed by atoms with Gasteiger partial charge in [-0.05, 0) is 31.4 Å². The van der Waals surface area contributed by atoms with Gasteiger partial charge in [0.25, 0.3) is 0 Å². The van der Waals surface area contributed by atoms with E-state index in [0.29, 0.717) is 12.0 Å². The lowest BCUT2D eigenvalue weighted by Crippen LogP contribution is -2.27. The maximum Gasteiger partial charge on any atom is 0.0849 e. The maximum absolute atomic E-state index is 9.36. The van der Waals surface area contributed by atoms with Crippen molar-refractivity contribution in [2.75, 3.05) is 6.54 Å². The molecule has 2 N–H and O–H groups in total. The van der Waals surface area contributed by atoms with E-state index in [0.717, 1.165) is 30.9 Å². The molecule has 1 atom stereocenters. The molecule has 0 unspecified atom stereocenters. The highest BCUT2D eigenvalue weighted by molar-refractivity contribution is 5.14. The summed E-state index contributed by atoms with van der Waals surface area (Å²) in [5.74, 6) is 0.548. The van der Waals surface area contributed by atoms with Crippen LogP contribution < -0.4 is 5.32 Å². The Balaban J connectivity index is 2.14. The summed E-state index contributed by atoms with van der Waals surface area (Å²) in [5.41, 5.74) is 2.02. The first-order valence-electron chi connectivity index (χ1n) is 6.61. The standard InChI is InChI=1S/C13H23N3O/c1-10(2)8-16-11(9-17)7-13(15-16)12-5-3-4-6-14-12/h7,10,12,14,17H,3-6,8-9H2,1-2H3/t12-/m0/s1. The van der Waals surface area contributed by atoms with E-state index in [1.165, 1.54) is 12.8 Å². The Hall–Kier alpha value is -0.870. The number of hydrogen-bond donors (Lipinski definition) is 2. The van der Waals surface area contributed by atoms with Crippen molar-refractivity contribution in [3.8, 4) is 0 Å². The van der Waals surface area contributed by atoms with Crippen LogP contribution in [0.1, 0.15) is 50.5 Å². The highest BCUT2D eigenvalue weighted by Gasteiger charge is 2.19. The van der Waals surface area contributed by atoms with Crippen molar-refractivity contribution in [2.45, 2.75) is 52.3 Å². The number of rotatable bonds is 4. The van der Waals surface area contributed by atoms with Crippen molar-refractivity contribution in [2.24, 2.45) is 5.92 Å². The zero-order valence-electron chi connectivity index (χ0n) is 10.8. The zero-order chi connectivity index (χ0) is 12.3. The van der Waals surface area contributed by atoms with E-state index in [2.05, 4.69) is 24.3 Å². The third kappa shape index (κ3) is 3.07. The van der Waals surface area contributed by atoms with E-state index < -0.39 is 0 Å². The lowest BCUT2D eigenvalue weighted by Gasteiger charge is -2.21. The molecule has 2 heterocycles. The molecule has 0 aliphatic carbocycles. The number of aliphatic hydroxyl groups excluding tert-OH is 1. The summed E-state index contributed by atoms with van der Waals surface area (Å²) in [6.45, 7) is 6.37. The molecule has 0 aromatic carbocycles. The monoisotopic (exact) mass is 237 g/mol. The summed E-state index contributed by atoms with van der Waals surface area (Å²) < 4.78 is 1.95. The molecule has 4 nitrogen and oxygen atoms in total. The number of hydrogen-bond acceptors (Lipinski definition) is 3.